The summed E-state index contributed by atoms with van der Waals surface area (Å²) < 4.78 is 11.7. The van der Waals surface area contributed by atoms with Crippen LogP contribution in [0.3, 0.4) is 0 Å². The van der Waals surface area contributed by atoms with E-state index in [2.05, 4.69) is 24.1 Å². The second-order valence-electron chi connectivity index (χ2n) is 6.74. The first-order valence-electron chi connectivity index (χ1n) is 8.41. The molecular weight excluding hydrogens is 268 g/mol. The van der Waals surface area contributed by atoms with E-state index in [4.69, 9.17) is 0 Å². The van der Waals surface area contributed by atoms with Crippen LogP contribution in [0.25, 0.3) is 0 Å². The van der Waals surface area contributed by atoms with E-state index in [1.54, 1.807) is 0 Å². The second-order valence-corrected chi connectivity index (χ2v) is 8.54. The van der Waals surface area contributed by atoms with Crippen molar-refractivity contribution >= 4 is 10.8 Å². The topological polar surface area (TPSA) is 32.3 Å². The molecule has 20 heavy (non-hydrogen) atoms. The Morgan fingerprint density at radius 3 is 2.60 bits per heavy atom. The fourth-order valence-electron chi connectivity index (χ4n) is 3.80. The molecule has 4 atom stereocenters. The van der Waals surface area contributed by atoms with Gasteiger partial charge in [0.2, 0.25) is 0 Å². The van der Waals surface area contributed by atoms with E-state index in [1.165, 1.54) is 38.5 Å². The van der Waals surface area contributed by atoms with Crippen LogP contribution >= 0.6 is 0 Å². The van der Waals surface area contributed by atoms with E-state index >= 15 is 0 Å². The molecule has 2 rings (SSSR count). The Labute approximate surface area is 127 Å². The molecule has 0 aromatic rings. The molecule has 2 fully saturated rings. The van der Waals surface area contributed by atoms with E-state index in [0.717, 1.165) is 25.6 Å². The van der Waals surface area contributed by atoms with Crippen molar-refractivity contribution in [2.75, 3.05) is 25.9 Å². The minimum Gasteiger partial charge on any atom is -0.311 e. The summed E-state index contributed by atoms with van der Waals surface area (Å²) in [7, 11) is -0.707. The number of piperazine rings is 1. The molecule has 0 aromatic carbocycles. The number of nitrogens with zero attached hydrogens (tertiary/aromatic N) is 1. The average Bonchev–Trinajstić information content (AvgIpc) is 2.48. The van der Waals surface area contributed by atoms with Crippen LogP contribution in [-0.2, 0) is 10.8 Å². The summed E-state index contributed by atoms with van der Waals surface area (Å²) in [5.41, 5.74) is 0. The van der Waals surface area contributed by atoms with Crippen molar-refractivity contribution in [1.82, 2.24) is 10.2 Å². The third kappa shape index (κ3) is 4.28. The number of hydrogen-bond donors (Lipinski definition) is 1. The van der Waals surface area contributed by atoms with Gasteiger partial charge in [-0.1, -0.05) is 26.2 Å². The smallest absolute Gasteiger partial charge is 0.0444 e. The van der Waals surface area contributed by atoms with Crippen molar-refractivity contribution < 1.29 is 4.21 Å². The Hall–Kier alpha value is 0.0700. The highest BCUT2D eigenvalue weighted by Crippen LogP contribution is 2.28. The van der Waals surface area contributed by atoms with Crippen molar-refractivity contribution in [3.63, 3.8) is 0 Å². The van der Waals surface area contributed by atoms with Crippen LogP contribution in [0.15, 0.2) is 0 Å². The van der Waals surface area contributed by atoms with Crippen LogP contribution in [0, 0.1) is 5.92 Å². The van der Waals surface area contributed by atoms with Crippen molar-refractivity contribution in [2.45, 2.75) is 69.7 Å². The van der Waals surface area contributed by atoms with Crippen molar-refractivity contribution in [3.8, 4) is 0 Å². The van der Waals surface area contributed by atoms with E-state index < -0.39 is 10.8 Å². The van der Waals surface area contributed by atoms with Gasteiger partial charge in [-0.15, -0.1) is 0 Å². The summed E-state index contributed by atoms with van der Waals surface area (Å²) in [6.07, 6.45) is 10.1. The standard InChI is InChI=1S/C16H32N2OS/c1-4-15-10-17-16(14-8-6-5-7-9-14)12-18(15)11-13(2)20(3)19/h13-17H,4-12H2,1-3H3. The fraction of sp³-hybridized carbons (Fsp3) is 1.00. The van der Waals surface area contributed by atoms with Crippen molar-refractivity contribution in [2.24, 2.45) is 5.92 Å². The summed E-state index contributed by atoms with van der Waals surface area (Å²) in [5.74, 6) is 0.867. The molecule has 0 aromatic heterocycles. The molecule has 1 saturated heterocycles. The van der Waals surface area contributed by atoms with Gasteiger partial charge in [0.1, 0.15) is 0 Å². The third-order valence-electron chi connectivity index (χ3n) is 5.31. The predicted molar refractivity (Wildman–Crippen MR) is 87.5 cm³/mol. The SMILES string of the molecule is CCC1CNC(C2CCCCC2)CN1CC(C)S(C)=O. The van der Waals surface area contributed by atoms with Gasteiger partial charge in [-0.05, 0) is 32.1 Å². The van der Waals surface area contributed by atoms with E-state index in [-0.39, 0.29) is 5.25 Å². The van der Waals surface area contributed by atoms with Crippen LogP contribution in [0.2, 0.25) is 0 Å². The van der Waals surface area contributed by atoms with Gasteiger partial charge in [-0.2, -0.15) is 0 Å². The first kappa shape index (κ1) is 16.4. The Kier molecular flexibility index (Phi) is 6.50. The van der Waals surface area contributed by atoms with Crippen LogP contribution in [0.4, 0.5) is 0 Å². The van der Waals surface area contributed by atoms with Crippen LogP contribution in [0.5, 0.6) is 0 Å². The largest absolute Gasteiger partial charge is 0.311 e. The highest BCUT2D eigenvalue weighted by atomic mass is 32.2. The average molecular weight is 301 g/mol. The first-order valence-corrected chi connectivity index (χ1v) is 10.0. The zero-order chi connectivity index (χ0) is 14.5. The summed E-state index contributed by atoms with van der Waals surface area (Å²) >= 11 is 0. The minimum atomic E-state index is -0.707. The number of rotatable bonds is 5. The molecule has 1 aliphatic heterocycles. The van der Waals surface area contributed by atoms with E-state index in [9.17, 15) is 4.21 Å². The zero-order valence-corrected chi connectivity index (χ0v) is 14.3. The maximum Gasteiger partial charge on any atom is 0.0444 e. The maximum atomic E-state index is 11.7. The molecule has 2 aliphatic rings. The lowest BCUT2D eigenvalue weighted by atomic mass is 9.82. The highest BCUT2D eigenvalue weighted by molar-refractivity contribution is 7.84. The van der Waals surface area contributed by atoms with Gasteiger partial charge in [0, 0.05) is 54.0 Å². The zero-order valence-electron chi connectivity index (χ0n) is 13.4. The molecule has 3 nitrogen and oxygen atoms in total. The van der Waals surface area contributed by atoms with Crippen molar-refractivity contribution in [1.29, 1.82) is 0 Å². The van der Waals surface area contributed by atoms with E-state index in [1.807, 2.05) is 6.26 Å². The van der Waals surface area contributed by atoms with Crippen LogP contribution in [-0.4, -0.2) is 52.3 Å². The lowest BCUT2D eigenvalue weighted by Gasteiger charge is -2.44. The first-order chi connectivity index (χ1) is 9.61. The molecule has 1 aliphatic carbocycles. The molecule has 4 heteroatoms. The molecule has 0 spiro atoms. The van der Waals surface area contributed by atoms with Crippen molar-refractivity contribution in [3.05, 3.63) is 0 Å². The predicted octanol–water partition coefficient (Wildman–Crippen LogP) is 2.39. The maximum absolute atomic E-state index is 11.7. The Morgan fingerprint density at radius 1 is 1.30 bits per heavy atom. The molecule has 1 saturated carbocycles. The molecule has 0 radical (unpaired) electrons. The summed E-state index contributed by atoms with van der Waals surface area (Å²) in [6, 6.07) is 1.29. The van der Waals surface area contributed by atoms with Gasteiger partial charge in [-0.25, -0.2) is 0 Å². The molecule has 1 N–H and O–H groups in total. The molecule has 4 unspecified atom stereocenters. The highest BCUT2D eigenvalue weighted by Gasteiger charge is 2.32. The van der Waals surface area contributed by atoms with Gasteiger partial charge < -0.3 is 5.32 Å². The third-order valence-corrected chi connectivity index (χ3v) is 6.59. The minimum absolute atomic E-state index is 0.286. The Bertz CT molecular complexity index is 318. The molecule has 1 heterocycles. The number of nitrogens with one attached hydrogen (secondary N) is 1. The summed E-state index contributed by atoms with van der Waals surface area (Å²) in [5, 5.41) is 4.09. The molecular formula is C16H32N2OS. The van der Waals surface area contributed by atoms with Gasteiger partial charge in [-0.3, -0.25) is 9.11 Å². The second kappa shape index (κ2) is 7.90. The molecule has 0 bridgehead atoms. The van der Waals surface area contributed by atoms with Gasteiger partial charge >= 0.3 is 0 Å². The van der Waals surface area contributed by atoms with E-state index in [0.29, 0.717) is 12.1 Å². The van der Waals surface area contributed by atoms with Gasteiger partial charge in [0.15, 0.2) is 0 Å². The van der Waals surface area contributed by atoms with Crippen LogP contribution < -0.4 is 5.32 Å². The number of hydrogen-bond acceptors (Lipinski definition) is 3. The van der Waals surface area contributed by atoms with Crippen LogP contribution in [0.1, 0.15) is 52.4 Å². The fourth-order valence-corrected chi connectivity index (χ4v) is 4.20. The molecule has 118 valence electrons. The quantitative estimate of drug-likeness (QED) is 0.846. The summed E-state index contributed by atoms with van der Waals surface area (Å²) in [4.78, 5) is 2.61. The lowest BCUT2D eigenvalue weighted by Crippen LogP contribution is -2.60. The summed E-state index contributed by atoms with van der Waals surface area (Å²) in [6.45, 7) is 7.66. The molecule has 0 amide bonds. The Balaban J connectivity index is 1.93. The Morgan fingerprint density at radius 2 is 2.00 bits per heavy atom. The normalized spacial score (nSPS) is 33.0. The monoisotopic (exact) mass is 300 g/mol. The lowest BCUT2D eigenvalue weighted by molar-refractivity contribution is 0.0947. The van der Waals surface area contributed by atoms with Gasteiger partial charge in [0.05, 0.1) is 0 Å². The van der Waals surface area contributed by atoms with Gasteiger partial charge in [0.25, 0.3) is 0 Å².